The van der Waals surface area contributed by atoms with Gasteiger partial charge < -0.3 is 16.0 Å². The number of nitrogens with one attached hydrogen (secondary N) is 2. The van der Waals surface area contributed by atoms with Crippen molar-refractivity contribution in [3.8, 4) is 11.4 Å². The summed E-state index contributed by atoms with van der Waals surface area (Å²) < 4.78 is 14.5. The van der Waals surface area contributed by atoms with Gasteiger partial charge in [0.05, 0.1) is 16.6 Å². The van der Waals surface area contributed by atoms with Gasteiger partial charge in [0.1, 0.15) is 11.6 Å². The Morgan fingerprint density at radius 1 is 1.33 bits per heavy atom. The van der Waals surface area contributed by atoms with E-state index in [9.17, 15) is 9.18 Å². The maximum Gasteiger partial charge on any atom is 0.251 e. The lowest BCUT2D eigenvalue weighted by Crippen LogP contribution is -2.26. The fourth-order valence-corrected chi connectivity index (χ4v) is 2.56. The predicted molar refractivity (Wildman–Crippen MR) is 92.2 cm³/mol. The molecule has 1 amide bonds. The average Bonchev–Trinajstić information content (AvgIpc) is 3.00. The maximum absolute atomic E-state index is 14.5. The van der Waals surface area contributed by atoms with E-state index in [1.807, 2.05) is 25.1 Å². The molecular weight excluding hydrogens is 307 g/mol. The third kappa shape index (κ3) is 3.14. The minimum absolute atomic E-state index is 0.278. The number of aryl methyl sites for hydroxylation is 1. The summed E-state index contributed by atoms with van der Waals surface area (Å²) in [5, 5.41) is 2.71. The molecule has 0 aliphatic heterocycles. The van der Waals surface area contributed by atoms with Gasteiger partial charge in [0.15, 0.2) is 0 Å². The Hall–Kier alpha value is -2.73. The minimum atomic E-state index is -0.488. The molecule has 4 N–H and O–H groups in total. The Morgan fingerprint density at radius 3 is 2.88 bits per heavy atom. The number of carbonyl (C=O) groups is 1. The standard InChI is InChI=1S/C18H19FN4O/c1-11-4-2-5-15-16(11)23-17(22-15)13-7-6-12(10-14(13)19)18(24)21-9-3-8-20/h2,4-7,10H,3,8-9,20H2,1H3,(H,21,24)(H,22,23). The molecule has 3 rings (SSSR count). The number of amides is 1. The van der Waals surface area contributed by atoms with Gasteiger partial charge in [0.2, 0.25) is 0 Å². The molecule has 0 radical (unpaired) electrons. The Kier molecular flexibility index (Phi) is 4.57. The summed E-state index contributed by atoms with van der Waals surface area (Å²) in [6.07, 6.45) is 0.685. The largest absolute Gasteiger partial charge is 0.352 e. The van der Waals surface area contributed by atoms with Crippen LogP contribution in [0.3, 0.4) is 0 Å². The first-order valence-corrected chi connectivity index (χ1v) is 7.83. The number of benzene rings is 2. The summed E-state index contributed by atoms with van der Waals surface area (Å²) in [6, 6.07) is 10.2. The van der Waals surface area contributed by atoms with Gasteiger partial charge in [-0.25, -0.2) is 9.37 Å². The molecule has 1 heterocycles. The first kappa shape index (κ1) is 16.1. The van der Waals surface area contributed by atoms with E-state index >= 15 is 0 Å². The highest BCUT2D eigenvalue weighted by molar-refractivity contribution is 5.94. The molecular formula is C18H19FN4O. The van der Waals surface area contributed by atoms with Crippen LogP contribution in [0.25, 0.3) is 22.4 Å². The fourth-order valence-electron chi connectivity index (χ4n) is 2.56. The lowest BCUT2D eigenvalue weighted by Gasteiger charge is -2.06. The molecule has 2 aromatic carbocycles. The second-order valence-electron chi connectivity index (χ2n) is 5.65. The van der Waals surface area contributed by atoms with E-state index < -0.39 is 5.82 Å². The molecule has 0 atom stereocenters. The van der Waals surface area contributed by atoms with Crippen LogP contribution in [0.5, 0.6) is 0 Å². The molecule has 1 aromatic heterocycles. The number of aromatic amines is 1. The first-order valence-electron chi connectivity index (χ1n) is 7.83. The van der Waals surface area contributed by atoms with E-state index in [0.29, 0.717) is 30.9 Å². The zero-order valence-corrected chi connectivity index (χ0v) is 13.4. The van der Waals surface area contributed by atoms with E-state index in [2.05, 4.69) is 15.3 Å². The highest BCUT2D eigenvalue weighted by atomic mass is 19.1. The molecule has 0 bridgehead atoms. The Bertz CT molecular complexity index is 888. The fraction of sp³-hybridized carbons (Fsp3) is 0.222. The number of halogens is 1. The van der Waals surface area contributed by atoms with Crippen LogP contribution in [-0.4, -0.2) is 29.0 Å². The average molecular weight is 326 g/mol. The number of aromatic nitrogens is 2. The molecule has 0 unspecified atom stereocenters. The number of hydrogen-bond donors (Lipinski definition) is 3. The van der Waals surface area contributed by atoms with Gasteiger partial charge in [0, 0.05) is 12.1 Å². The summed E-state index contributed by atoms with van der Waals surface area (Å²) in [6.45, 7) is 2.93. The monoisotopic (exact) mass is 326 g/mol. The third-order valence-corrected chi connectivity index (χ3v) is 3.87. The van der Waals surface area contributed by atoms with Gasteiger partial charge in [-0.2, -0.15) is 0 Å². The highest BCUT2D eigenvalue weighted by Crippen LogP contribution is 2.25. The summed E-state index contributed by atoms with van der Waals surface area (Å²) in [7, 11) is 0. The molecule has 0 aliphatic carbocycles. The minimum Gasteiger partial charge on any atom is -0.352 e. The van der Waals surface area contributed by atoms with Gasteiger partial charge >= 0.3 is 0 Å². The highest BCUT2D eigenvalue weighted by Gasteiger charge is 2.14. The lowest BCUT2D eigenvalue weighted by molar-refractivity contribution is 0.0953. The van der Waals surface area contributed by atoms with Crippen LogP contribution in [0.2, 0.25) is 0 Å². The molecule has 5 nitrogen and oxygen atoms in total. The van der Waals surface area contributed by atoms with Crippen LogP contribution in [0.4, 0.5) is 4.39 Å². The van der Waals surface area contributed by atoms with Crippen molar-refractivity contribution in [2.75, 3.05) is 13.1 Å². The summed E-state index contributed by atoms with van der Waals surface area (Å²) >= 11 is 0. The molecule has 3 aromatic rings. The van der Waals surface area contributed by atoms with Gasteiger partial charge in [-0.1, -0.05) is 12.1 Å². The molecule has 0 spiro atoms. The Labute approximate surface area is 139 Å². The number of para-hydroxylation sites is 1. The summed E-state index contributed by atoms with van der Waals surface area (Å²) in [5.74, 6) is -0.348. The van der Waals surface area contributed by atoms with Crippen molar-refractivity contribution in [2.45, 2.75) is 13.3 Å². The summed E-state index contributed by atoms with van der Waals surface area (Å²) in [5.41, 5.74) is 8.69. The SMILES string of the molecule is Cc1cccc2[nH]c(-c3ccc(C(=O)NCCCN)cc3F)nc12. The van der Waals surface area contributed by atoms with Gasteiger partial charge in [-0.3, -0.25) is 4.79 Å². The number of H-pyrrole nitrogens is 1. The number of fused-ring (bicyclic) bond motifs is 1. The number of nitrogens with two attached hydrogens (primary N) is 1. The predicted octanol–water partition coefficient (Wildman–Crippen LogP) is 2.76. The van der Waals surface area contributed by atoms with Crippen molar-refractivity contribution in [1.29, 1.82) is 0 Å². The normalized spacial score (nSPS) is 11.0. The molecule has 6 heteroatoms. The van der Waals surface area contributed by atoms with Crippen molar-refractivity contribution in [2.24, 2.45) is 5.73 Å². The number of imidazole rings is 1. The van der Waals surface area contributed by atoms with Crippen molar-refractivity contribution in [3.63, 3.8) is 0 Å². The molecule has 124 valence electrons. The third-order valence-electron chi connectivity index (χ3n) is 3.87. The van der Waals surface area contributed by atoms with Crippen molar-refractivity contribution >= 4 is 16.9 Å². The van der Waals surface area contributed by atoms with Crippen molar-refractivity contribution in [1.82, 2.24) is 15.3 Å². The lowest BCUT2D eigenvalue weighted by atomic mass is 10.1. The first-order chi connectivity index (χ1) is 11.6. The second kappa shape index (κ2) is 6.80. The van der Waals surface area contributed by atoms with E-state index in [1.165, 1.54) is 6.07 Å². The van der Waals surface area contributed by atoms with E-state index in [4.69, 9.17) is 5.73 Å². The maximum atomic E-state index is 14.5. The Morgan fingerprint density at radius 2 is 2.17 bits per heavy atom. The number of hydrogen-bond acceptors (Lipinski definition) is 3. The number of nitrogens with zero attached hydrogens (tertiary/aromatic N) is 1. The molecule has 0 fully saturated rings. The van der Waals surface area contributed by atoms with E-state index in [0.717, 1.165) is 16.6 Å². The number of rotatable bonds is 5. The second-order valence-corrected chi connectivity index (χ2v) is 5.65. The summed E-state index contributed by atoms with van der Waals surface area (Å²) in [4.78, 5) is 19.6. The van der Waals surface area contributed by atoms with Crippen LogP contribution in [-0.2, 0) is 0 Å². The molecule has 24 heavy (non-hydrogen) atoms. The van der Waals surface area contributed by atoms with E-state index in [1.54, 1.807) is 12.1 Å². The van der Waals surface area contributed by atoms with E-state index in [-0.39, 0.29) is 11.5 Å². The van der Waals surface area contributed by atoms with Gasteiger partial charge in [-0.05, 0) is 49.7 Å². The van der Waals surface area contributed by atoms with Crippen LogP contribution in [0.15, 0.2) is 36.4 Å². The van der Waals surface area contributed by atoms with Crippen molar-refractivity contribution in [3.05, 3.63) is 53.3 Å². The van der Waals surface area contributed by atoms with Crippen LogP contribution >= 0.6 is 0 Å². The van der Waals surface area contributed by atoms with Crippen molar-refractivity contribution < 1.29 is 9.18 Å². The van der Waals surface area contributed by atoms with Crippen LogP contribution < -0.4 is 11.1 Å². The smallest absolute Gasteiger partial charge is 0.251 e. The molecule has 0 aliphatic rings. The molecule has 0 saturated carbocycles. The Balaban J connectivity index is 1.89. The number of carbonyl (C=O) groups excluding carboxylic acids is 1. The zero-order valence-electron chi connectivity index (χ0n) is 13.4. The van der Waals surface area contributed by atoms with Crippen LogP contribution in [0, 0.1) is 12.7 Å². The topological polar surface area (TPSA) is 83.8 Å². The molecule has 0 saturated heterocycles. The van der Waals surface area contributed by atoms with Crippen LogP contribution in [0.1, 0.15) is 22.3 Å². The quantitative estimate of drug-likeness (QED) is 0.630. The van der Waals surface area contributed by atoms with Gasteiger partial charge in [-0.15, -0.1) is 0 Å². The zero-order chi connectivity index (χ0) is 17.1. The van der Waals surface area contributed by atoms with Gasteiger partial charge in [0.25, 0.3) is 5.91 Å².